The summed E-state index contributed by atoms with van der Waals surface area (Å²) in [5.74, 6) is -1.69. The molecule has 0 aromatic heterocycles. The molecule has 0 N–H and O–H groups in total. The van der Waals surface area contributed by atoms with Crippen LogP contribution in [0.5, 0.6) is 0 Å². The summed E-state index contributed by atoms with van der Waals surface area (Å²) in [6.45, 7) is 5.44. The maximum Gasteiger partial charge on any atom is 0.329 e. The summed E-state index contributed by atoms with van der Waals surface area (Å²) in [6.07, 6.45) is -0.0143. The van der Waals surface area contributed by atoms with Gasteiger partial charge in [0.15, 0.2) is 5.41 Å². The number of rotatable bonds is 5. The van der Waals surface area contributed by atoms with E-state index in [4.69, 9.17) is 9.47 Å². The lowest BCUT2D eigenvalue weighted by molar-refractivity contribution is -0.163. The zero-order chi connectivity index (χ0) is 13.8. The number of hydrogen-bond acceptors (Lipinski definition) is 6. The second kappa shape index (κ2) is 5.66. The molecule has 1 rings (SSSR count). The largest absolute Gasteiger partial charge is 0.468 e. The topological polar surface area (TPSA) is 78.9 Å². The van der Waals surface area contributed by atoms with Crippen LogP contribution in [-0.2, 0) is 28.6 Å². The SMILES string of the molecule is C=C1CC(CCC(=O)OCC)(C(=O)OC)C(=O)O1. The molecule has 1 unspecified atom stereocenters. The van der Waals surface area contributed by atoms with E-state index < -0.39 is 23.3 Å². The normalized spacial score (nSPS) is 22.6. The maximum atomic E-state index is 11.7. The van der Waals surface area contributed by atoms with Crippen molar-refractivity contribution >= 4 is 17.9 Å². The van der Waals surface area contributed by atoms with Crippen molar-refractivity contribution < 1.29 is 28.6 Å². The fraction of sp³-hybridized carbons (Fsp3) is 0.583. The van der Waals surface area contributed by atoms with Gasteiger partial charge in [0.2, 0.25) is 0 Å². The van der Waals surface area contributed by atoms with Gasteiger partial charge in [-0.2, -0.15) is 0 Å². The highest BCUT2D eigenvalue weighted by Gasteiger charge is 2.54. The summed E-state index contributed by atoms with van der Waals surface area (Å²) in [5, 5.41) is 0. The van der Waals surface area contributed by atoms with Gasteiger partial charge in [0, 0.05) is 12.8 Å². The summed E-state index contributed by atoms with van der Waals surface area (Å²) in [7, 11) is 1.18. The van der Waals surface area contributed by atoms with Gasteiger partial charge < -0.3 is 14.2 Å². The van der Waals surface area contributed by atoms with Crippen molar-refractivity contribution in [2.24, 2.45) is 5.41 Å². The fourth-order valence-corrected chi connectivity index (χ4v) is 1.87. The molecule has 1 heterocycles. The van der Waals surface area contributed by atoms with Crippen LogP contribution >= 0.6 is 0 Å². The quantitative estimate of drug-likeness (QED) is 0.414. The zero-order valence-corrected chi connectivity index (χ0v) is 10.5. The van der Waals surface area contributed by atoms with Crippen molar-refractivity contribution in [1.29, 1.82) is 0 Å². The third-order valence-electron chi connectivity index (χ3n) is 2.76. The molecule has 0 amide bonds. The van der Waals surface area contributed by atoms with Gasteiger partial charge in [0.25, 0.3) is 0 Å². The molecule has 0 bridgehead atoms. The Kier molecular flexibility index (Phi) is 4.47. The van der Waals surface area contributed by atoms with E-state index in [9.17, 15) is 14.4 Å². The van der Waals surface area contributed by atoms with Crippen LogP contribution in [-0.4, -0.2) is 31.6 Å². The summed E-state index contributed by atoms with van der Waals surface area (Å²) < 4.78 is 14.2. The van der Waals surface area contributed by atoms with Crippen molar-refractivity contribution in [2.45, 2.75) is 26.2 Å². The smallest absolute Gasteiger partial charge is 0.329 e. The van der Waals surface area contributed by atoms with Crippen LogP contribution < -0.4 is 0 Å². The average molecular weight is 256 g/mol. The first-order valence-corrected chi connectivity index (χ1v) is 5.60. The van der Waals surface area contributed by atoms with Crippen LogP contribution in [0.2, 0.25) is 0 Å². The van der Waals surface area contributed by atoms with Gasteiger partial charge in [-0.05, 0) is 13.3 Å². The molecule has 0 saturated carbocycles. The van der Waals surface area contributed by atoms with Gasteiger partial charge in [-0.25, -0.2) is 0 Å². The molecule has 6 nitrogen and oxygen atoms in total. The van der Waals surface area contributed by atoms with Crippen molar-refractivity contribution in [3.8, 4) is 0 Å². The predicted octanol–water partition coefficient (Wildman–Crippen LogP) is 0.950. The molecule has 1 fully saturated rings. The van der Waals surface area contributed by atoms with Crippen LogP contribution in [0.15, 0.2) is 12.3 Å². The lowest BCUT2D eigenvalue weighted by Gasteiger charge is -2.20. The van der Waals surface area contributed by atoms with Gasteiger partial charge in [-0.1, -0.05) is 6.58 Å². The van der Waals surface area contributed by atoms with Crippen LogP contribution in [0.3, 0.4) is 0 Å². The molecule has 6 heteroatoms. The standard InChI is InChI=1S/C12H16O6/c1-4-17-9(13)5-6-12(10(14)16-3)7-8(2)18-11(12)15/h2,4-7H2,1,3H3. The second-order valence-electron chi connectivity index (χ2n) is 3.98. The second-order valence-corrected chi connectivity index (χ2v) is 3.98. The first-order chi connectivity index (χ1) is 8.46. The molecule has 0 radical (unpaired) electrons. The van der Waals surface area contributed by atoms with E-state index in [1.165, 1.54) is 7.11 Å². The lowest BCUT2D eigenvalue weighted by Crippen LogP contribution is -2.37. The van der Waals surface area contributed by atoms with E-state index in [1.807, 2.05) is 0 Å². The van der Waals surface area contributed by atoms with Crippen LogP contribution in [0.4, 0.5) is 0 Å². The highest BCUT2D eigenvalue weighted by molar-refractivity contribution is 6.02. The highest BCUT2D eigenvalue weighted by atomic mass is 16.6. The molecular formula is C12H16O6. The Hall–Kier alpha value is -1.85. The first kappa shape index (κ1) is 14.2. The van der Waals surface area contributed by atoms with Crippen LogP contribution in [0.25, 0.3) is 0 Å². The number of esters is 3. The minimum absolute atomic E-state index is 0.00361. The lowest BCUT2D eigenvalue weighted by atomic mass is 9.81. The number of ether oxygens (including phenoxy) is 3. The Bertz CT molecular complexity index is 386. The molecule has 0 aromatic carbocycles. The summed E-state index contributed by atoms with van der Waals surface area (Å²) in [5.41, 5.74) is -1.46. The molecule has 100 valence electrons. The number of cyclic esters (lactones) is 1. The van der Waals surface area contributed by atoms with E-state index in [0.717, 1.165) is 0 Å². The Morgan fingerprint density at radius 3 is 2.61 bits per heavy atom. The minimum Gasteiger partial charge on any atom is -0.468 e. The molecule has 1 saturated heterocycles. The Balaban J connectivity index is 2.80. The number of allylic oxidation sites excluding steroid dienone is 1. The van der Waals surface area contributed by atoms with Crippen molar-refractivity contribution in [1.82, 2.24) is 0 Å². The zero-order valence-electron chi connectivity index (χ0n) is 10.5. The molecule has 1 aliphatic heterocycles. The monoisotopic (exact) mass is 256 g/mol. The Morgan fingerprint density at radius 1 is 1.50 bits per heavy atom. The van der Waals surface area contributed by atoms with E-state index in [-0.39, 0.29) is 31.6 Å². The van der Waals surface area contributed by atoms with E-state index in [0.29, 0.717) is 0 Å². The summed E-state index contributed by atoms with van der Waals surface area (Å²) in [4.78, 5) is 34.8. The first-order valence-electron chi connectivity index (χ1n) is 5.60. The Morgan fingerprint density at radius 2 is 2.17 bits per heavy atom. The Labute approximate surface area is 105 Å². The molecular weight excluding hydrogens is 240 g/mol. The molecule has 1 atom stereocenters. The van der Waals surface area contributed by atoms with E-state index >= 15 is 0 Å². The van der Waals surface area contributed by atoms with Crippen LogP contribution in [0.1, 0.15) is 26.2 Å². The number of hydrogen-bond donors (Lipinski definition) is 0. The number of carbonyl (C=O) groups excluding carboxylic acids is 3. The molecule has 1 aliphatic rings. The summed E-state index contributed by atoms with van der Waals surface area (Å²) in [6, 6.07) is 0. The minimum atomic E-state index is -1.46. The van der Waals surface area contributed by atoms with Crippen molar-refractivity contribution in [3.63, 3.8) is 0 Å². The number of carbonyl (C=O) groups is 3. The molecule has 0 aromatic rings. The van der Waals surface area contributed by atoms with Gasteiger partial charge in [0.1, 0.15) is 5.76 Å². The fourth-order valence-electron chi connectivity index (χ4n) is 1.87. The van der Waals surface area contributed by atoms with Gasteiger partial charge >= 0.3 is 17.9 Å². The predicted molar refractivity (Wildman–Crippen MR) is 60.2 cm³/mol. The molecule has 0 aliphatic carbocycles. The van der Waals surface area contributed by atoms with E-state index in [2.05, 4.69) is 11.3 Å². The third-order valence-corrected chi connectivity index (χ3v) is 2.76. The highest BCUT2D eigenvalue weighted by Crippen LogP contribution is 2.40. The van der Waals surface area contributed by atoms with Crippen molar-refractivity contribution in [3.05, 3.63) is 12.3 Å². The van der Waals surface area contributed by atoms with E-state index in [1.54, 1.807) is 6.92 Å². The number of methoxy groups -OCH3 is 1. The van der Waals surface area contributed by atoms with Gasteiger partial charge in [-0.3, -0.25) is 14.4 Å². The van der Waals surface area contributed by atoms with Crippen LogP contribution in [0, 0.1) is 5.41 Å². The molecule has 18 heavy (non-hydrogen) atoms. The maximum absolute atomic E-state index is 11.7. The summed E-state index contributed by atoms with van der Waals surface area (Å²) >= 11 is 0. The average Bonchev–Trinajstić information content (AvgIpc) is 2.62. The van der Waals surface area contributed by atoms with Gasteiger partial charge in [0.05, 0.1) is 13.7 Å². The van der Waals surface area contributed by atoms with Crippen molar-refractivity contribution in [2.75, 3.05) is 13.7 Å². The molecule has 0 spiro atoms. The third kappa shape index (κ3) is 2.69. The van der Waals surface area contributed by atoms with Gasteiger partial charge in [-0.15, -0.1) is 0 Å².